The molecule has 1 heterocycles. The first-order valence-corrected chi connectivity index (χ1v) is 6.29. The molecule has 0 bridgehead atoms. The third-order valence-corrected chi connectivity index (χ3v) is 3.24. The predicted molar refractivity (Wildman–Crippen MR) is 71.1 cm³/mol. The Morgan fingerprint density at radius 2 is 2.21 bits per heavy atom. The zero-order valence-electron chi connectivity index (χ0n) is 10.8. The predicted octanol–water partition coefficient (Wildman–Crippen LogP) is 2.72. The van der Waals surface area contributed by atoms with Gasteiger partial charge in [0, 0.05) is 0 Å². The second kappa shape index (κ2) is 4.84. The van der Waals surface area contributed by atoms with Gasteiger partial charge in [-0.2, -0.15) is 0 Å². The van der Waals surface area contributed by atoms with Crippen LogP contribution in [-0.4, -0.2) is 18.9 Å². The number of nitrogens with two attached hydrogens (primary N) is 1. The average Bonchev–Trinajstić information content (AvgIpc) is 3.17. The highest BCUT2D eigenvalue weighted by molar-refractivity contribution is 5.73. The van der Waals surface area contributed by atoms with E-state index >= 15 is 0 Å². The van der Waals surface area contributed by atoms with E-state index in [9.17, 15) is 0 Å². The molecule has 0 atom stereocenters. The van der Waals surface area contributed by atoms with E-state index in [0.29, 0.717) is 17.6 Å². The van der Waals surface area contributed by atoms with E-state index in [0.717, 1.165) is 23.5 Å². The SMILES string of the molecule is COc1cc(-c2cnoc2N)ccc1OCC1CC1. The third-order valence-electron chi connectivity index (χ3n) is 3.24. The topological polar surface area (TPSA) is 70.5 Å². The number of hydrogen-bond donors (Lipinski definition) is 1. The highest BCUT2D eigenvalue weighted by atomic mass is 16.5. The van der Waals surface area contributed by atoms with E-state index in [1.54, 1.807) is 13.3 Å². The van der Waals surface area contributed by atoms with Crippen molar-refractivity contribution in [1.29, 1.82) is 0 Å². The molecule has 100 valence electrons. The van der Waals surface area contributed by atoms with E-state index < -0.39 is 0 Å². The third kappa shape index (κ3) is 2.50. The first kappa shape index (κ1) is 11.9. The molecule has 1 aromatic carbocycles. The lowest BCUT2D eigenvalue weighted by molar-refractivity contribution is 0.280. The van der Waals surface area contributed by atoms with Crippen molar-refractivity contribution in [2.75, 3.05) is 19.5 Å². The summed E-state index contributed by atoms with van der Waals surface area (Å²) in [4.78, 5) is 0. The van der Waals surface area contributed by atoms with E-state index in [1.807, 2.05) is 18.2 Å². The van der Waals surface area contributed by atoms with Crippen LogP contribution in [-0.2, 0) is 0 Å². The van der Waals surface area contributed by atoms with Crippen LogP contribution in [0.5, 0.6) is 11.5 Å². The number of nitrogens with zero attached hydrogens (tertiary/aromatic N) is 1. The van der Waals surface area contributed by atoms with Gasteiger partial charge in [0.2, 0.25) is 5.88 Å². The van der Waals surface area contributed by atoms with Gasteiger partial charge in [-0.25, -0.2) is 0 Å². The van der Waals surface area contributed by atoms with E-state index in [1.165, 1.54) is 12.8 Å². The number of aromatic nitrogens is 1. The summed E-state index contributed by atoms with van der Waals surface area (Å²) in [6, 6.07) is 5.70. The van der Waals surface area contributed by atoms with Gasteiger partial charge in [-0.05, 0) is 36.5 Å². The number of anilines is 1. The van der Waals surface area contributed by atoms with Gasteiger partial charge >= 0.3 is 0 Å². The molecule has 1 aliphatic carbocycles. The van der Waals surface area contributed by atoms with Crippen LogP contribution in [0, 0.1) is 5.92 Å². The molecular formula is C14H16N2O3. The van der Waals surface area contributed by atoms with Crippen molar-refractivity contribution in [3.63, 3.8) is 0 Å². The number of methoxy groups -OCH3 is 1. The van der Waals surface area contributed by atoms with Crippen molar-refractivity contribution in [2.45, 2.75) is 12.8 Å². The summed E-state index contributed by atoms with van der Waals surface area (Å²) >= 11 is 0. The van der Waals surface area contributed by atoms with Crippen LogP contribution >= 0.6 is 0 Å². The molecule has 2 N–H and O–H groups in total. The van der Waals surface area contributed by atoms with Gasteiger partial charge in [0.05, 0.1) is 25.5 Å². The summed E-state index contributed by atoms with van der Waals surface area (Å²) in [7, 11) is 1.63. The molecule has 0 radical (unpaired) electrons. The lowest BCUT2D eigenvalue weighted by Crippen LogP contribution is -2.00. The van der Waals surface area contributed by atoms with Crippen LogP contribution in [0.2, 0.25) is 0 Å². The number of ether oxygens (including phenoxy) is 2. The second-order valence-corrected chi connectivity index (χ2v) is 4.72. The molecular weight excluding hydrogens is 244 g/mol. The smallest absolute Gasteiger partial charge is 0.229 e. The summed E-state index contributed by atoms with van der Waals surface area (Å²) in [5, 5.41) is 3.67. The zero-order chi connectivity index (χ0) is 13.2. The lowest BCUT2D eigenvalue weighted by Gasteiger charge is -2.11. The molecule has 19 heavy (non-hydrogen) atoms. The first-order valence-electron chi connectivity index (χ1n) is 6.29. The number of benzene rings is 1. The minimum absolute atomic E-state index is 0.300. The number of rotatable bonds is 5. The van der Waals surface area contributed by atoms with Gasteiger partial charge in [0.25, 0.3) is 0 Å². The Morgan fingerprint density at radius 1 is 1.37 bits per heavy atom. The number of nitrogen functional groups attached to an aromatic ring is 1. The Kier molecular flexibility index (Phi) is 3.03. The molecule has 0 aliphatic heterocycles. The van der Waals surface area contributed by atoms with Crippen molar-refractivity contribution in [3.8, 4) is 22.6 Å². The fraction of sp³-hybridized carbons (Fsp3) is 0.357. The maximum absolute atomic E-state index is 5.76. The van der Waals surface area contributed by atoms with Crippen molar-refractivity contribution in [1.82, 2.24) is 5.16 Å². The van der Waals surface area contributed by atoms with E-state index in [4.69, 9.17) is 19.7 Å². The zero-order valence-corrected chi connectivity index (χ0v) is 10.8. The van der Waals surface area contributed by atoms with Crippen LogP contribution in [0.1, 0.15) is 12.8 Å². The Labute approximate surface area is 111 Å². The number of hydrogen-bond acceptors (Lipinski definition) is 5. The van der Waals surface area contributed by atoms with Gasteiger partial charge in [-0.1, -0.05) is 11.2 Å². The molecule has 3 rings (SSSR count). The molecule has 1 aromatic heterocycles. The van der Waals surface area contributed by atoms with Crippen LogP contribution in [0.25, 0.3) is 11.1 Å². The summed E-state index contributed by atoms with van der Waals surface area (Å²) < 4.78 is 16.0. The Morgan fingerprint density at radius 3 is 2.84 bits per heavy atom. The maximum atomic E-state index is 5.76. The molecule has 5 heteroatoms. The summed E-state index contributed by atoms with van der Waals surface area (Å²) in [5.74, 6) is 2.46. The molecule has 5 nitrogen and oxygen atoms in total. The Bertz CT molecular complexity index is 576. The minimum Gasteiger partial charge on any atom is -0.493 e. The van der Waals surface area contributed by atoms with Gasteiger partial charge in [-0.15, -0.1) is 0 Å². The van der Waals surface area contributed by atoms with Crippen molar-refractivity contribution in [3.05, 3.63) is 24.4 Å². The van der Waals surface area contributed by atoms with Gasteiger partial charge in [-0.3, -0.25) is 0 Å². The average molecular weight is 260 g/mol. The van der Waals surface area contributed by atoms with Crippen molar-refractivity contribution >= 4 is 5.88 Å². The van der Waals surface area contributed by atoms with Crippen molar-refractivity contribution < 1.29 is 14.0 Å². The molecule has 0 saturated heterocycles. The summed E-state index contributed by atoms with van der Waals surface area (Å²) in [6.07, 6.45) is 4.12. The van der Waals surface area contributed by atoms with Crippen LogP contribution in [0.15, 0.2) is 28.9 Å². The summed E-state index contributed by atoms with van der Waals surface area (Å²) in [5.41, 5.74) is 7.36. The highest BCUT2D eigenvalue weighted by Crippen LogP contribution is 2.36. The standard InChI is InChI=1S/C14H16N2O3/c1-17-13-6-10(11-7-16-19-14(11)15)4-5-12(13)18-8-9-2-3-9/h4-7,9H,2-3,8,15H2,1H3. The Balaban J connectivity index is 1.85. The molecule has 0 spiro atoms. The van der Waals surface area contributed by atoms with Crippen LogP contribution in [0.3, 0.4) is 0 Å². The fourth-order valence-corrected chi connectivity index (χ4v) is 1.91. The Hall–Kier alpha value is -2.17. The largest absolute Gasteiger partial charge is 0.493 e. The van der Waals surface area contributed by atoms with Crippen LogP contribution < -0.4 is 15.2 Å². The van der Waals surface area contributed by atoms with Gasteiger partial charge in [0.1, 0.15) is 0 Å². The molecule has 0 unspecified atom stereocenters. The van der Waals surface area contributed by atoms with E-state index in [2.05, 4.69) is 5.16 Å². The van der Waals surface area contributed by atoms with Crippen LogP contribution in [0.4, 0.5) is 5.88 Å². The first-order chi connectivity index (χ1) is 9.28. The second-order valence-electron chi connectivity index (χ2n) is 4.72. The van der Waals surface area contributed by atoms with E-state index in [-0.39, 0.29) is 0 Å². The minimum atomic E-state index is 0.300. The highest BCUT2D eigenvalue weighted by Gasteiger charge is 2.22. The molecule has 2 aromatic rings. The monoisotopic (exact) mass is 260 g/mol. The van der Waals surface area contributed by atoms with Gasteiger partial charge < -0.3 is 19.7 Å². The molecule has 1 aliphatic rings. The lowest BCUT2D eigenvalue weighted by atomic mass is 10.1. The molecule has 0 amide bonds. The van der Waals surface area contributed by atoms with Gasteiger partial charge in [0.15, 0.2) is 11.5 Å². The molecule has 1 fully saturated rings. The molecule has 1 saturated carbocycles. The normalized spacial score (nSPS) is 14.4. The summed E-state index contributed by atoms with van der Waals surface area (Å²) in [6.45, 7) is 0.755. The maximum Gasteiger partial charge on any atom is 0.229 e. The quantitative estimate of drug-likeness (QED) is 0.895. The van der Waals surface area contributed by atoms with Crippen molar-refractivity contribution in [2.24, 2.45) is 5.92 Å². The fourth-order valence-electron chi connectivity index (χ4n) is 1.91.